The van der Waals surface area contributed by atoms with E-state index in [9.17, 15) is 13.2 Å². The van der Waals surface area contributed by atoms with Crippen LogP contribution in [0.3, 0.4) is 0 Å². The van der Waals surface area contributed by atoms with Crippen LogP contribution >= 0.6 is 0 Å². The summed E-state index contributed by atoms with van der Waals surface area (Å²) >= 11 is 0. The first-order valence-electron chi connectivity index (χ1n) is 7.60. The minimum Gasteiger partial charge on any atom is -0.346 e. The van der Waals surface area contributed by atoms with Gasteiger partial charge < -0.3 is 5.32 Å². The van der Waals surface area contributed by atoms with Crippen LogP contribution in [0.15, 0.2) is 48.5 Å². The molecule has 2 aromatic rings. The monoisotopic (exact) mass is 346 g/mol. The molecule has 0 aromatic heterocycles. The quantitative estimate of drug-likeness (QED) is 0.905. The summed E-state index contributed by atoms with van der Waals surface area (Å²) in [6.07, 6.45) is 1.14. The molecular weight excluding hydrogens is 324 g/mol. The molecule has 0 aliphatic rings. The standard InChI is InChI=1S/C18H22N2O3S/c1-13-5-7-15(8-6-13)14(2)19-18(21)16-9-11-17(12-10-16)20(3)24(4,22)23/h5-12,14H,1-4H3,(H,19,21). The Balaban J connectivity index is 2.09. The van der Waals surface area contributed by atoms with E-state index in [1.807, 2.05) is 38.1 Å². The summed E-state index contributed by atoms with van der Waals surface area (Å²) in [6, 6.07) is 14.4. The van der Waals surface area contributed by atoms with Gasteiger partial charge in [-0.3, -0.25) is 9.10 Å². The third kappa shape index (κ3) is 4.35. The van der Waals surface area contributed by atoms with Crippen LogP contribution in [-0.2, 0) is 10.0 Å². The van der Waals surface area contributed by atoms with Crippen LogP contribution in [0.25, 0.3) is 0 Å². The van der Waals surface area contributed by atoms with Gasteiger partial charge in [-0.15, -0.1) is 0 Å². The van der Waals surface area contributed by atoms with Crippen molar-refractivity contribution in [2.45, 2.75) is 19.9 Å². The highest BCUT2D eigenvalue weighted by Gasteiger charge is 2.14. The molecule has 2 rings (SSSR count). The highest BCUT2D eigenvalue weighted by Crippen LogP contribution is 2.18. The number of nitrogens with zero attached hydrogens (tertiary/aromatic N) is 1. The maximum Gasteiger partial charge on any atom is 0.251 e. The Kier molecular flexibility index (Phi) is 5.29. The van der Waals surface area contributed by atoms with E-state index < -0.39 is 10.0 Å². The van der Waals surface area contributed by atoms with Crippen molar-refractivity contribution < 1.29 is 13.2 Å². The van der Waals surface area contributed by atoms with Crippen molar-refractivity contribution in [3.63, 3.8) is 0 Å². The van der Waals surface area contributed by atoms with E-state index in [1.54, 1.807) is 24.3 Å². The van der Waals surface area contributed by atoms with Gasteiger partial charge in [0.05, 0.1) is 18.0 Å². The largest absolute Gasteiger partial charge is 0.346 e. The average molecular weight is 346 g/mol. The van der Waals surface area contributed by atoms with Crippen molar-refractivity contribution in [3.8, 4) is 0 Å². The van der Waals surface area contributed by atoms with E-state index in [1.165, 1.54) is 16.9 Å². The minimum atomic E-state index is -3.31. The third-order valence-corrected chi connectivity index (χ3v) is 5.12. The van der Waals surface area contributed by atoms with E-state index >= 15 is 0 Å². The van der Waals surface area contributed by atoms with E-state index in [4.69, 9.17) is 0 Å². The molecule has 0 heterocycles. The number of hydrogen-bond acceptors (Lipinski definition) is 3. The molecule has 0 saturated carbocycles. The summed E-state index contributed by atoms with van der Waals surface area (Å²) in [5.74, 6) is -0.198. The lowest BCUT2D eigenvalue weighted by molar-refractivity contribution is 0.0940. The van der Waals surface area contributed by atoms with Gasteiger partial charge in [0, 0.05) is 12.6 Å². The Morgan fingerprint density at radius 3 is 2.08 bits per heavy atom. The van der Waals surface area contributed by atoms with Gasteiger partial charge in [0.25, 0.3) is 5.91 Å². The van der Waals surface area contributed by atoms with Crippen molar-refractivity contribution in [1.29, 1.82) is 0 Å². The van der Waals surface area contributed by atoms with Crippen molar-refractivity contribution in [3.05, 3.63) is 65.2 Å². The summed E-state index contributed by atoms with van der Waals surface area (Å²) in [5.41, 5.74) is 3.20. The van der Waals surface area contributed by atoms with Gasteiger partial charge in [0.2, 0.25) is 10.0 Å². The average Bonchev–Trinajstić information content (AvgIpc) is 2.54. The molecule has 0 spiro atoms. The smallest absolute Gasteiger partial charge is 0.251 e. The first kappa shape index (κ1) is 18.0. The molecule has 6 heteroatoms. The van der Waals surface area contributed by atoms with Gasteiger partial charge in [-0.2, -0.15) is 0 Å². The Bertz CT molecular complexity index is 812. The van der Waals surface area contributed by atoms with Crippen LogP contribution in [0.4, 0.5) is 5.69 Å². The molecule has 2 aromatic carbocycles. The SMILES string of the molecule is Cc1ccc(C(C)NC(=O)c2ccc(N(C)S(C)(=O)=O)cc2)cc1. The second kappa shape index (κ2) is 7.05. The maximum absolute atomic E-state index is 12.3. The third-order valence-electron chi connectivity index (χ3n) is 3.92. The molecule has 1 atom stereocenters. The zero-order valence-corrected chi connectivity index (χ0v) is 15.1. The van der Waals surface area contributed by atoms with E-state index in [2.05, 4.69) is 5.32 Å². The lowest BCUT2D eigenvalue weighted by Crippen LogP contribution is -2.27. The molecule has 128 valence electrons. The van der Waals surface area contributed by atoms with Crippen LogP contribution < -0.4 is 9.62 Å². The zero-order chi connectivity index (χ0) is 17.9. The number of hydrogen-bond donors (Lipinski definition) is 1. The van der Waals surface area contributed by atoms with Gasteiger partial charge in [0.15, 0.2) is 0 Å². The molecule has 0 aliphatic heterocycles. The Morgan fingerprint density at radius 1 is 1.04 bits per heavy atom. The molecule has 1 unspecified atom stereocenters. The Morgan fingerprint density at radius 2 is 1.58 bits per heavy atom. The minimum absolute atomic E-state index is 0.114. The molecule has 0 fully saturated rings. The number of carbonyl (C=O) groups is 1. The number of carbonyl (C=O) groups excluding carboxylic acids is 1. The van der Waals surface area contributed by atoms with Crippen LogP contribution in [0.1, 0.15) is 34.5 Å². The first-order valence-corrected chi connectivity index (χ1v) is 9.44. The van der Waals surface area contributed by atoms with E-state index in [0.717, 1.165) is 11.8 Å². The second-order valence-electron chi connectivity index (χ2n) is 5.88. The second-order valence-corrected chi connectivity index (χ2v) is 7.90. The van der Waals surface area contributed by atoms with Gasteiger partial charge in [-0.05, 0) is 43.7 Å². The predicted molar refractivity (Wildman–Crippen MR) is 96.7 cm³/mol. The lowest BCUT2D eigenvalue weighted by atomic mass is 10.1. The Labute approximate surface area is 143 Å². The summed E-state index contributed by atoms with van der Waals surface area (Å²) < 4.78 is 24.2. The molecule has 1 amide bonds. The van der Waals surface area contributed by atoms with Crippen molar-refractivity contribution in [2.75, 3.05) is 17.6 Å². The highest BCUT2D eigenvalue weighted by atomic mass is 32.2. The summed E-state index contributed by atoms with van der Waals surface area (Å²) in [4.78, 5) is 12.3. The fraction of sp³-hybridized carbons (Fsp3) is 0.278. The van der Waals surface area contributed by atoms with Crippen molar-refractivity contribution in [2.24, 2.45) is 0 Å². The summed E-state index contributed by atoms with van der Waals surface area (Å²) in [7, 11) is -1.84. The number of aryl methyl sites for hydroxylation is 1. The molecular formula is C18H22N2O3S. The fourth-order valence-electron chi connectivity index (χ4n) is 2.23. The summed E-state index contributed by atoms with van der Waals surface area (Å²) in [6.45, 7) is 3.94. The van der Waals surface area contributed by atoms with Gasteiger partial charge >= 0.3 is 0 Å². The van der Waals surface area contributed by atoms with Crippen LogP contribution in [-0.4, -0.2) is 27.6 Å². The maximum atomic E-state index is 12.3. The van der Waals surface area contributed by atoms with Crippen molar-refractivity contribution in [1.82, 2.24) is 5.32 Å². The predicted octanol–water partition coefficient (Wildman–Crippen LogP) is 2.88. The highest BCUT2D eigenvalue weighted by molar-refractivity contribution is 7.92. The van der Waals surface area contributed by atoms with Gasteiger partial charge in [-0.1, -0.05) is 29.8 Å². The number of rotatable bonds is 5. The fourth-order valence-corrected chi connectivity index (χ4v) is 2.74. The molecule has 5 nitrogen and oxygen atoms in total. The number of amides is 1. The topological polar surface area (TPSA) is 66.5 Å². The molecule has 1 N–H and O–H groups in total. The van der Waals surface area contributed by atoms with Gasteiger partial charge in [-0.25, -0.2) is 8.42 Å². The molecule has 0 aliphatic carbocycles. The number of benzene rings is 2. The van der Waals surface area contributed by atoms with E-state index in [0.29, 0.717) is 11.3 Å². The zero-order valence-electron chi connectivity index (χ0n) is 14.3. The van der Waals surface area contributed by atoms with E-state index in [-0.39, 0.29) is 11.9 Å². The number of nitrogens with one attached hydrogen (secondary N) is 1. The van der Waals surface area contributed by atoms with Gasteiger partial charge in [0.1, 0.15) is 0 Å². The van der Waals surface area contributed by atoms with Crippen LogP contribution in [0.5, 0.6) is 0 Å². The Hall–Kier alpha value is -2.34. The molecule has 24 heavy (non-hydrogen) atoms. The van der Waals surface area contributed by atoms with Crippen LogP contribution in [0.2, 0.25) is 0 Å². The number of anilines is 1. The molecule has 0 radical (unpaired) electrons. The summed E-state index contributed by atoms with van der Waals surface area (Å²) in [5, 5.41) is 2.94. The first-order chi connectivity index (χ1) is 11.2. The van der Waals surface area contributed by atoms with Crippen molar-refractivity contribution >= 4 is 21.6 Å². The normalized spacial score (nSPS) is 12.5. The molecule has 0 bridgehead atoms. The molecule has 0 saturated heterocycles. The van der Waals surface area contributed by atoms with Crippen LogP contribution in [0, 0.1) is 6.92 Å². The number of sulfonamides is 1. The lowest BCUT2D eigenvalue weighted by Gasteiger charge is -2.17.